The van der Waals surface area contributed by atoms with Crippen molar-refractivity contribution in [2.24, 2.45) is 5.41 Å². The molecule has 0 aliphatic rings. The van der Waals surface area contributed by atoms with Gasteiger partial charge < -0.3 is 9.47 Å². The summed E-state index contributed by atoms with van der Waals surface area (Å²) in [6.45, 7) is 5.64. The first-order valence-electron chi connectivity index (χ1n) is 5.45. The number of halogens is 2. The summed E-state index contributed by atoms with van der Waals surface area (Å²) < 4.78 is 11.3. The topological polar surface area (TPSA) is 35.5 Å². The van der Waals surface area contributed by atoms with Crippen LogP contribution in [0.4, 0.5) is 0 Å². The Morgan fingerprint density at radius 1 is 1.44 bits per heavy atom. The Morgan fingerprint density at radius 2 is 2.06 bits per heavy atom. The zero-order chi connectivity index (χ0) is 13.9. The molecule has 0 saturated heterocycles. The molecule has 0 spiro atoms. The van der Waals surface area contributed by atoms with Crippen LogP contribution in [0.15, 0.2) is 16.6 Å². The van der Waals surface area contributed by atoms with Crippen molar-refractivity contribution >= 4 is 33.5 Å². The van der Waals surface area contributed by atoms with E-state index >= 15 is 0 Å². The molecule has 0 bridgehead atoms. The van der Waals surface area contributed by atoms with Gasteiger partial charge in [-0.2, -0.15) is 0 Å². The SMILES string of the molecule is COC(=O)C(C)(C)COc1c(C)cc(Br)cc1Cl. The molecular weight excluding hydrogens is 319 g/mol. The molecule has 0 unspecified atom stereocenters. The Morgan fingerprint density at radius 3 is 2.56 bits per heavy atom. The lowest BCUT2D eigenvalue weighted by Gasteiger charge is -2.22. The Hall–Kier alpha value is -0.740. The van der Waals surface area contributed by atoms with E-state index in [1.165, 1.54) is 7.11 Å². The number of esters is 1. The van der Waals surface area contributed by atoms with Crippen LogP contribution in [-0.4, -0.2) is 19.7 Å². The molecule has 1 aromatic carbocycles. The summed E-state index contributed by atoms with van der Waals surface area (Å²) in [4.78, 5) is 11.5. The highest BCUT2D eigenvalue weighted by molar-refractivity contribution is 9.10. The molecule has 0 saturated carbocycles. The van der Waals surface area contributed by atoms with Gasteiger partial charge in [-0.1, -0.05) is 27.5 Å². The van der Waals surface area contributed by atoms with Gasteiger partial charge in [-0.3, -0.25) is 4.79 Å². The lowest BCUT2D eigenvalue weighted by atomic mass is 9.95. The predicted octanol–water partition coefficient (Wildman–Crippen LogP) is 3.99. The van der Waals surface area contributed by atoms with Gasteiger partial charge in [0.25, 0.3) is 0 Å². The van der Waals surface area contributed by atoms with Gasteiger partial charge in [0.2, 0.25) is 0 Å². The number of aryl methyl sites for hydroxylation is 1. The number of carbonyl (C=O) groups is 1. The smallest absolute Gasteiger partial charge is 0.314 e. The van der Waals surface area contributed by atoms with Gasteiger partial charge in [0.05, 0.1) is 17.5 Å². The Kier molecular flexibility index (Phi) is 5.05. The third kappa shape index (κ3) is 3.62. The van der Waals surface area contributed by atoms with E-state index in [1.807, 2.05) is 13.0 Å². The summed E-state index contributed by atoms with van der Waals surface area (Å²) in [5, 5.41) is 0.516. The molecule has 1 aromatic rings. The second-order valence-electron chi connectivity index (χ2n) is 4.70. The van der Waals surface area contributed by atoms with Crippen LogP contribution >= 0.6 is 27.5 Å². The van der Waals surface area contributed by atoms with Gasteiger partial charge in [-0.15, -0.1) is 0 Å². The number of hydrogen-bond donors (Lipinski definition) is 0. The molecule has 0 radical (unpaired) electrons. The molecule has 0 aromatic heterocycles. The normalized spacial score (nSPS) is 11.2. The van der Waals surface area contributed by atoms with E-state index in [0.29, 0.717) is 10.8 Å². The van der Waals surface area contributed by atoms with Crippen LogP contribution in [0, 0.1) is 12.3 Å². The highest BCUT2D eigenvalue weighted by atomic mass is 79.9. The molecule has 0 atom stereocenters. The van der Waals surface area contributed by atoms with Gasteiger partial charge in [-0.25, -0.2) is 0 Å². The third-order valence-electron chi connectivity index (χ3n) is 2.51. The van der Waals surface area contributed by atoms with Crippen molar-refractivity contribution in [1.82, 2.24) is 0 Å². The van der Waals surface area contributed by atoms with Gasteiger partial charge >= 0.3 is 5.97 Å². The van der Waals surface area contributed by atoms with E-state index in [1.54, 1.807) is 19.9 Å². The number of hydrogen-bond acceptors (Lipinski definition) is 3. The Labute approximate surface area is 121 Å². The van der Waals surface area contributed by atoms with E-state index in [4.69, 9.17) is 21.1 Å². The standard InChI is InChI=1S/C13H16BrClO3/c1-8-5-9(14)6-10(15)11(8)18-7-13(2,3)12(16)17-4/h5-6H,7H2,1-4H3. The van der Waals surface area contributed by atoms with Crippen molar-refractivity contribution in [3.05, 3.63) is 27.2 Å². The first kappa shape index (κ1) is 15.3. The maximum atomic E-state index is 11.5. The molecule has 0 aliphatic carbocycles. The first-order chi connectivity index (χ1) is 8.27. The van der Waals surface area contributed by atoms with Crippen LogP contribution < -0.4 is 4.74 Å². The van der Waals surface area contributed by atoms with Crippen molar-refractivity contribution < 1.29 is 14.3 Å². The summed E-state index contributed by atoms with van der Waals surface area (Å²) in [6.07, 6.45) is 0. The molecule has 0 amide bonds. The molecule has 0 aliphatic heterocycles. The predicted molar refractivity (Wildman–Crippen MR) is 75.2 cm³/mol. The lowest BCUT2D eigenvalue weighted by Crippen LogP contribution is -2.32. The van der Waals surface area contributed by atoms with Crippen LogP contribution in [0.1, 0.15) is 19.4 Å². The van der Waals surface area contributed by atoms with E-state index < -0.39 is 5.41 Å². The van der Waals surface area contributed by atoms with Crippen LogP contribution in [-0.2, 0) is 9.53 Å². The average Bonchev–Trinajstić information content (AvgIpc) is 2.26. The highest BCUT2D eigenvalue weighted by Gasteiger charge is 2.30. The van der Waals surface area contributed by atoms with Crippen molar-refractivity contribution in [2.45, 2.75) is 20.8 Å². The minimum atomic E-state index is -0.711. The maximum absolute atomic E-state index is 11.5. The molecule has 0 heterocycles. The molecule has 5 heteroatoms. The van der Waals surface area contributed by atoms with Gasteiger partial charge in [0.15, 0.2) is 0 Å². The van der Waals surface area contributed by atoms with Crippen molar-refractivity contribution in [1.29, 1.82) is 0 Å². The zero-order valence-electron chi connectivity index (χ0n) is 10.8. The minimum absolute atomic E-state index is 0.210. The van der Waals surface area contributed by atoms with Gasteiger partial charge in [0, 0.05) is 4.47 Å². The Balaban J connectivity index is 2.84. The number of carbonyl (C=O) groups excluding carboxylic acids is 1. The average molecular weight is 336 g/mol. The number of ether oxygens (including phenoxy) is 2. The van der Waals surface area contributed by atoms with Crippen molar-refractivity contribution in [2.75, 3.05) is 13.7 Å². The van der Waals surface area contributed by atoms with Crippen LogP contribution in [0.3, 0.4) is 0 Å². The fourth-order valence-corrected chi connectivity index (χ4v) is 2.48. The fraction of sp³-hybridized carbons (Fsp3) is 0.462. The first-order valence-corrected chi connectivity index (χ1v) is 6.62. The summed E-state index contributed by atoms with van der Waals surface area (Å²) in [5.41, 5.74) is 0.201. The molecule has 18 heavy (non-hydrogen) atoms. The van der Waals surface area contributed by atoms with Crippen molar-refractivity contribution in [3.63, 3.8) is 0 Å². The monoisotopic (exact) mass is 334 g/mol. The van der Waals surface area contributed by atoms with E-state index in [2.05, 4.69) is 15.9 Å². The van der Waals surface area contributed by atoms with Crippen LogP contribution in [0.25, 0.3) is 0 Å². The quantitative estimate of drug-likeness (QED) is 0.781. The molecule has 1 rings (SSSR count). The van der Waals surface area contributed by atoms with E-state index in [-0.39, 0.29) is 12.6 Å². The van der Waals surface area contributed by atoms with Gasteiger partial charge in [-0.05, 0) is 38.5 Å². The Bertz CT molecular complexity index is 435. The highest BCUT2D eigenvalue weighted by Crippen LogP contribution is 2.33. The van der Waals surface area contributed by atoms with E-state index in [0.717, 1.165) is 10.0 Å². The largest absolute Gasteiger partial charge is 0.491 e. The van der Waals surface area contributed by atoms with Crippen LogP contribution in [0.5, 0.6) is 5.75 Å². The van der Waals surface area contributed by atoms with Crippen molar-refractivity contribution in [3.8, 4) is 5.75 Å². The fourth-order valence-electron chi connectivity index (χ4n) is 1.46. The zero-order valence-corrected chi connectivity index (χ0v) is 13.2. The second kappa shape index (κ2) is 5.93. The number of methoxy groups -OCH3 is 1. The summed E-state index contributed by atoms with van der Waals surface area (Å²) >= 11 is 9.46. The van der Waals surface area contributed by atoms with E-state index in [9.17, 15) is 4.79 Å². The lowest BCUT2D eigenvalue weighted by molar-refractivity contribution is -0.152. The number of rotatable bonds is 4. The summed E-state index contributed by atoms with van der Waals surface area (Å²) in [5.74, 6) is 0.283. The third-order valence-corrected chi connectivity index (χ3v) is 3.25. The molecule has 0 fully saturated rings. The second-order valence-corrected chi connectivity index (χ2v) is 6.02. The molecule has 3 nitrogen and oxygen atoms in total. The van der Waals surface area contributed by atoms with Gasteiger partial charge in [0.1, 0.15) is 12.4 Å². The maximum Gasteiger partial charge on any atom is 0.314 e. The molecule has 100 valence electrons. The van der Waals surface area contributed by atoms with Crippen LogP contribution in [0.2, 0.25) is 5.02 Å². The minimum Gasteiger partial charge on any atom is -0.491 e. The summed E-state index contributed by atoms with van der Waals surface area (Å²) in [7, 11) is 1.36. The molecular formula is C13H16BrClO3. The summed E-state index contributed by atoms with van der Waals surface area (Å²) in [6, 6.07) is 3.67. The molecule has 0 N–H and O–H groups in total. The number of benzene rings is 1.